The van der Waals surface area contributed by atoms with Crippen LogP contribution in [-0.4, -0.2) is 19.9 Å². The third kappa shape index (κ3) is 6.09. The maximum atomic E-state index is 12.7. The van der Waals surface area contributed by atoms with Crippen molar-refractivity contribution in [3.05, 3.63) is 63.0 Å². The largest absolute Gasteiger partial charge is 0.569 e. The first kappa shape index (κ1) is 24.9. The molecule has 0 aliphatic carbocycles. The molecule has 0 saturated carbocycles. The molecule has 0 spiro atoms. The number of nitrogens with zero attached hydrogens (tertiary/aromatic N) is 1. The standard InChI is InChI=1S/C17H12F3I3NO4S/c1-16(2,28-15(25)12-7-10(21)8-13(22)14(12)23)9-3-5-11(6-4-9)24-29(26,27)17(18,19)20/h3-8H,1-2H3/q-1. The number of carbonyl (C=O) groups is 1. The van der Waals surface area contributed by atoms with Crippen LogP contribution in [-0.2, 0) is 20.4 Å². The van der Waals surface area contributed by atoms with Gasteiger partial charge in [-0.3, -0.25) is 0 Å². The number of alkyl halides is 3. The summed E-state index contributed by atoms with van der Waals surface area (Å²) in [5, 5.41) is 0. The minimum Gasteiger partial charge on any atom is -0.569 e. The Morgan fingerprint density at radius 2 is 1.59 bits per heavy atom. The van der Waals surface area contributed by atoms with Crippen LogP contribution in [0.1, 0.15) is 29.8 Å². The van der Waals surface area contributed by atoms with Crippen molar-refractivity contribution in [2.24, 2.45) is 0 Å². The van der Waals surface area contributed by atoms with E-state index in [4.69, 9.17) is 4.74 Å². The highest BCUT2D eigenvalue weighted by Gasteiger charge is 2.39. The summed E-state index contributed by atoms with van der Waals surface area (Å²) >= 11 is 6.26. The molecule has 2 aromatic rings. The molecule has 0 heterocycles. The van der Waals surface area contributed by atoms with Crippen molar-refractivity contribution in [3.63, 3.8) is 0 Å². The molecular formula is C17H12F3I3NO4S-. The average Bonchev–Trinajstić information content (AvgIpc) is 2.56. The zero-order chi connectivity index (χ0) is 22.2. The second-order valence-electron chi connectivity index (χ2n) is 6.21. The molecule has 2 aromatic carbocycles. The summed E-state index contributed by atoms with van der Waals surface area (Å²) in [6.45, 7) is 3.24. The fourth-order valence-electron chi connectivity index (χ4n) is 2.16. The monoisotopic (exact) mass is 764 g/mol. The minimum atomic E-state index is -5.63. The second kappa shape index (κ2) is 9.02. The quantitative estimate of drug-likeness (QED) is 0.200. The lowest BCUT2D eigenvalue weighted by Gasteiger charge is -2.28. The van der Waals surface area contributed by atoms with Crippen LogP contribution in [0.5, 0.6) is 0 Å². The molecule has 12 heteroatoms. The fraction of sp³-hybridized carbons (Fsp3) is 0.235. The van der Waals surface area contributed by atoms with Crippen molar-refractivity contribution in [1.29, 1.82) is 0 Å². The molecule has 0 saturated heterocycles. The highest BCUT2D eigenvalue weighted by molar-refractivity contribution is 14.1. The van der Waals surface area contributed by atoms with Crippen LogP contribution < -0.4 is 0 Å². The van der Waals surface area contributed by atoms with Crippen molar-refractivity contribution >= 4 is 89.5 Å². The molecule has 0 radical (unpaired) electrons. The van der Waals surface area contributed by atoms with E-state index in [1.54, 1.807) is 19.9 Å². The number of halogens is 6. The van der Waals surface area contributed by atoms with Gasteiger partial charge in [-0.2, -0.15) is 13.2 Å². The van der Waals surface area contributed by atoms with E-state index in [9.17, 15) is 26.4 Å². The van der Waals surface area contributed by atoms with E-state index in [1.165, 1.54) is 12.1 Å². The zero-order valence-electron chi connectivity index (χ0n) is 14.7. The lowest BCUT2D eigenvalue weighted by molar-refractivity contribution is -0.0425. The number of benzene rings is 2. The Balaban J connectivity index is 2.23. The van der Waals surface area contributed by atoms with E-state index in [-0.39, 0.29) is 5.69 Å². The number of esters is 1. The number of ether oxygens (including phenoxy) is 1. The van der Waals surface area contributed by atoms with Gasteiger partial charge in [-0.15, -0.1) is 5.69 Å². The van der Waals surface area contributed by atoms with Gasteiger partial charge in [0.15, 0.2) is 10.0 Å². The minimum absolute atomic E-state index is 0.380. The molecule has 0 bridgehead atoms. The van der Waals surface area contributed by atoms with Gasteiger partial charge in [0, 0.05) is 10.7 Å². The Hall–Kier alpha value is -0.360. The third-order valence-electron chi connectivity index (χ3n) is 3.64. The van der Waals surface area contributed by atoms with E-state index >= 15 is 0 Å². The molecule has 0 N–H and O–H groups in total. The average molecular weight is 764 g/mol. The summed E-state index contributed by atoms with van der Waals surface area (Å²) < 4.78 is 70.5. The number of hydrogen-bond donors (Lipinski definition) is 0. The van der Waals surface area contributed by atoms with Crippen LogP contribution in [0.3, 0.4) is 0 Å². The van der Waals surface area contributed by atoms with Gasteiger partial charge in [0.05, 0.1) is 5.56 Å². The molecule has 2 rings (SSSR count). The predicted molar refractivity (Wildman–Crippen MR) is 127 cm³/mol. The summed E-state index contributed by atoms with van der Waals surface area (Å²) in [5.41, 5.74) is -6.10. The van der Waals surface area contributed by atoms with E-state index in [2.05, 4.69) is 72.5 Å². The lowest BCUT2D eigenvalue weighted by Crippen LogP contribution is -2.26. The molecule has 0 unspecified atom stereocenters. The smallest absolute Gasteiger partial charge is 0.483 e. The van der Waals surface area contributed by atoms with Gasteiger partial charge in [0.1, 0.15) is 5.60 Å². The summed E-state index contributed by atoms with van der Waals surface area (Å²) in [5.74, 6) is -0.552. The first-order chi connectivity index (χ1) is 13.1. The summed E-state index contributed by atoms with van der Waals surface area (Å²) in [6.07, 6.45) is 0. The molecule has 0 atom stereocenters. The SMILES string of the molecule is CC(C)(OC(=O)c1cc(I)cc(I)c1I)c1ccc([N-]S(=O)(=O)C(F)(F)F)cc1. The number of rotatable bonds is 5. The summed E-state index contributed by atoms with van der Waals surface area (Å²) in [6, 6.07) is 8.58. The fourth-order valence-corrected chi connectivity index (χ4v) is 5.04. The van der Waals surface area contributed by atoms with E-state index < -0.39 is 27.1 Å². The van der Waals surface area contributed by atoms with E-state index in [1.807, 2.05) is 6.07 Å². The zero-order valence-corrected chi connectivity index (χ0v) is 22.0. The van der Waals surface area contributed by atoms with Crippen LogP contribution in [0, 0.1) is 10.7 Å². The third-order valence-corrected chi connectivity index (χ3v) is 8.35. The van der Waals surface area contributed by atoms with Crippen LogP contribution in [0.25, 0.3) is 4.72 Å². The molecule has 0 aromatic heterocycles. The topological polar surface area (TPSA) is 74.5 Å². The Morgan fingerprint density at radius 3 is 2.10 bits per heavy atom. The maximum Gasteiger partial charge on any atom is 0.483 e. The van der Waals surface area contributed by atoms with Gasteiger partial charge < -0.3 is 9.46 Å². The highest BCUT2D eigenvalue weighted by Crippen LogP contribution is 2.36. The van der Waals surface area contributed by atoms with Crippen LogP contribution in [0.15, 0.2) is 36.4 Å². The highest BCUT2D eigenvalue weighted by atomic mass is 127. The van der Waals surface area contributed by atoms with E-state index in [0.29, 0.717) is 11.1 Å². The molecule has 5 nitrogen and oxygen atoms in total. The Bertz CT molecular complexity index is 1040. The molecular weight excluding hydrogens is 752 g/mol. The van der Waals surface area contributed by atoms with Gasteiger partial charge in [0.25, 0.3) is 0 Å². The van der Waals surface area contributed by atoms with Crippen molar-refractivity contribution in [2.75, 3.05) is 0 Å². The number of sulfonamides is 1. The Labute approximate surface area is 206 Å². The predicted octanol–water partition coefficient (Wildman–Crippen LogP) is 6.45. The van der Waals surface area contributed by atoms with Gasteiger partial charge in [0.2, 0.25) is 0 Å². The van der Waals surface area contributed by atoms with Gasteiger partial charge in [-0.1, -0.05) is 24.3 Å². The maximum absolute atomic E-state index is 12.7. The Kier molecular flexibility index (Phi) is 7.74. The molecule has 29 heavy (non-hydrogen) atoms. The summed E-state index contributed by atoms with van der Waals surface area (Å²) in [4.78, 5) is 12.7. The number of hydrogen-bond acceptors (Lipinski definition) is 4. The van der Waals surface area contributed by atoms with E-state index in [0.717, 1.165) is 22.8 Å². The summed E-state index contributed by atoms with van der Waals surface area (Å²) in [7, 11) is -5.63. The first-order valence-electron chi connectivity index (χ1n) is 7.67. The second-order valence-corrected chi connectivity index (χ2v) is 11.3. The molecule has 158 valence electrons. The first-order valence-corrected chi connectivity index (χ1v) is 12.3. The van der Waals surface area contributed by atoms with Crippen molar-refractivity contribution in [2.45, 2.75) is 25.0 Å². The van der Waals surface area contributed by atoms with Crippen LogP contribution >= 0.6 is 67.8 Å². The van der Waals surface area contributed by atoms with Crippen molar-refractivity contribution in [3.8, 4) is 0 Å². The molecule has 0 amide bonds. The van der Waals surface area contributed by atoms with Gasteiger partial charge in [-0.05, 0) is 99.3 Å². The molecule has 0 aliphatic rings. The lowest BCUT2D eigenvalue weighted by atomic mass is 9.97. The van der Waals surface area contributed by atoms with Gasteiger partial charge >= 0.3 is 11.5 Å². The molecule has 0 fully saturated rings. The Morgan fingerprint density at radius 1 is 1.03 bits per heavy atom. The number of carbonyl (C=O) groups excluding carboxylic acids is 1. The molecule has 0 aliphatic heterocycles. The normalized spacial score (nSPS) is 12.6. The van der Waals surface area contributed by atoms with Crippen molar-refractivity contribution in [1.82, 2.24) is 0 Å². The van der Waals surface area contributed by atoms with Gasteiger partial charge in [-0.25, -0.2) is 13.2 Å². The van der Waals surface area contributed by atoms with Crippen molar-refractivity contribution < 1.29 is 31.1 Å². The van der Waals surface area contributed by atoms with Crippen LogP contribution in [0.2, 0.25) is 0 Å². The van der Waals surface area contributed by atoms with Crippen LogP contribution in [0.4, 0.5) is 18.9 Å².